The van der Waals surface area contributed by atoms with E-state index >= 15 is 0 Å². The van der Waals surface area contributed by atoms with E-state index in [1.165, 1.54) is 0 Å². The van der Waals surface area contributed by atoms with Crippen molar-refractivity contribution in [1.29, 1.82) is 0 Å². The maximum Gasteiger partial charge on any atom is 0.265 e. The standard InChI is InChI=1S/C8H8BrClO3S/c9-7-2-1-6(8(10)5-7)3-4-14(11,12)13/h1-2,5H,3-4H2,(H,11,12,13). The monoisotopic (exact) mass is 298 g/mol. The van der Waals surface area contributed by atoms with E-state index in [4.69, 9.17) is 16.2 Å². The first-order valence-electron chi connectivity index (χ1n) is 3.77. The molecule has 0 aliphatic rings. The van der Waals surface area contributed by atoms with Crippen molar-refractivity contribution in [3.05, 3.63) is 33.3 Å². The molecule has 78 valence electrons. The molecule has 0 radical (unpaired) electrons. The lowest BCUT2D eigenvalue weighted by molar-refractivity contribution is 0.482. The number of aryl methyl sites for hydroxylation is 1. The molecule has 0 aliphatic carbocycles. The van der Waals surface area contributed by atoms with Crippen LogP contribution in [-0.2, 0) is 16.5 Å². The largest absolute Gasteiger partial charge is 0.286 e. The summed E-state index contributed by atoms with van der Waals surface area (Å²) in [6.45, 7) is 0. The minimum Gasteiger partial charge on any atom is -0.286 e. The van der Waals surface area contributed by atoms with Crippen molar-refractivity contribution in [3.8, 4) is 0 Å². The quantitative estimate of drug-likeness (QED) is 0.873. The van der Waals surface area contributed by atoms with Crippen LogP contribution in [0.2, 0.25) is 5.02 Å². The fourth-order valence-corrected chi connectivity index (χ4v) is 2.21. The van der Waals surface area contributed by atoms with Gasteiger partial charge in [0.15, 0.2) is 0 Å². The Labute approximate surface area is 96.0 Å². The zero-order valence-corrected chi connectivity index (χ0v) is 10.2. The van der Waals surface area contributed by atoms with Crippen molar-refractivity contribution in [2.24, 2.45) is 0 Å². The highest BCUT2D eigenvalue weighted by Gasteiger charge is 2.07. The smallest absolute Gasteiger partial charge is 0.265 e. The Morgan fingerprint density at radius 3 is 2.57 bits per heavy atom. The molecule has 1 N–H and O–H groups in total. The SMILES string of the molecule is O=S(=O)(O)CCc1ccc(Br)cc1Cl. The van der Waals surface area contributed by atoms with E-state index in [9.17, 15) is 8.42 Å². The van der Waals surface area contributed by atoms with Crippen LogP contribution in [0.5, 0.6) is 0 Å². The summed E-state index contributed by atoms with van der Waals surface area (Å²) in [6, 6.07) is 5.17. The molecule has 1 aromatic carbocycles. The Kier molecular flexibility index (Phi) is 3.94. The normalized spacial score (nSPS) is 11.6. The first-order valence-corrected chi connectivity index (χ1v) is 6.55. The topological polar surface area (TPSA) is 54.4 Å². The van der Waals surface area contributed by atoms with Crippen molar-refractivity contribution < 1.29 is 13.0 Å². The lowest BCUT2D eigenvalue weighted by Gasteiger charge is -2.02. The first-order chi connectivity index (χ1) is 6.38. The van der Waals surface area contributed by atoms with Crippen molar-refractivity contribution >= 4 is 37.6 Å². The van der Waals surface area contributed by atoms with Gasteiger partial charge in [-0.3, -0.25) is 4.55 Å². The van der Waals surface area contributed by atoms with E-state index in [0.717, 1.165) is 4.47 Å². The molecule has 0 saturated carbocycles. The number of hydrogen-bond acceptors (Lipinski definition) is 2. The molecule has 1 rings (SSSR count). The van der Waals surface area contributed by atoms with Gasteiger partial charge in [0.25, 0.3) is 10.1 Å². The van der Waals surface area contributed by atoms with Gasteiger partial charge in [-0.2, -0.15) is 8.42 Å². The highest BCUT2D eigenvalue weighted by molar-refractivity contribution is 9.10. The van der Waals surface area contributed by atoms with Crippen molar-refractivity contribution in [2.45, 2.75) is 6.42 Å². The molecule has 3 nitrogen and oxygen atoms in total. The number of halogens is 2. The van der Waals surface area contributed by atoms with E-state index in [-0.39, 0.29) is 12.2 Å². The minimum atomic E-state index is -3.92. The molecule has 0 aromatic heterocycles. The number of hydrogen-bond donors (Lipinski definition) is 1. The summed E-state index contributed by atoms with van der Waals surface area (Å²) in [4.78, 5) is 0. The van der Waals surface area contributed by atoms with Gasteiger partial charge >= 0.3 is 0 Å². The van der Waals surface area contributed by atoms with Crippen molar-refractivity contribution in [1.82, 2.24) is 0 Å². The predicted molar refractivity (Wildman–Crippen MR) is 59.3 cm³/mol. The second-order valence-electron chi connectivity index (χ2n) is 2.77. The third-order valence-electron chi connectivity index (χ3n) is 1.64. The Balaban J connectivity index is 2.78. The van der Waals surface area contributed by atoms with Crippen LogP contribution in [-0.4, -0.2) is 18.7 Å². The summed E-state index contributed by atoms with van der Waals surface area (Å²) in [5.41, 5.74) is 0.701. The molecule has 6 heteroatoms. The van der Waals surface area contributed by atoms with Crippen LogP contribution in [0.1, 0.15) is 5.56 Å². The summed E-state index contributed by atoms with van der Waals surface area (Å²) >= 11 is 9.09. The van der Waals surface area contributed by atoms with Crippen LogP contribution in [0.25, 0.3) is 0 Å². The molecule has 1 aromatic rings. The molecular formula is C8H8BrClO3S. The third-order valence-corrected chi connectivity index (χ3v) is 3.21. The Hall–Kier alpha value is -0.100. The van der Waals surface area contributed by atoms with Gasteiger partial charge in [0.1, 0.15) is 0 Å². The Morgan fingerprint density at radius 1 is 1.43 bits per heavy atom. The highest BCUT2D eigenvalue weighted by Crippen LogP contribution is 2.21. The summed E-state index contributed by atoms with van der Waals surface area (Å²) in [7, 11) is -3.92. The van der Waals surface area contributed by atoms with Gasteiger partial charge < -0.3 is 0 Å². The van der Waals surface area contributed by atoms with Gasteiger partial charge in [0, 0.05) is 9.50 Å². The van der Waals surface area contributed by atoms with Gasteiger partial charge in [0.05, 0.1) is 5.75 Å². The van der Waals surface area contributed by atoms with E-state index in [0.29, 0.717) is 10.6 Å². The molecule has 14 heavy (non-hydrogen) atoms. The average molecular weight is 300 g/mol. The molecule has 0 heterocycles. The van der Waals surface area contributed by atoms with E-state index in [2.05, 4.69) is 15.9 Å². The molecular weight excluding hydrogens is 292 g/mol. The summed E-state index contributed by atoms with van der Waals surface area (Å²) < 4.78 is 30.3. The van der Waals surface area contributed by atoms with Crippen LogP contribution in [0.3, 0.4) is 0 Å². The Morgan fingerprint density at radius 2 is 2.07 bits per heavy atom. The van der Waals surface area contributed by atoms with E-state index in [1.807, 2.05) is 0 Å². The molecule has 0 spiro atoms. The molecule has 0 unspecified atom stereocenters. The van der Waals surface area contributed by atoms with E-state index < -0.39 is 10.1 Å². The lowest BCUT2D eigenvalue weighted by atomic mass is 10.2. The molecule has 0 aliphatic heterocycles. The van der Waals surface area contributed by atoms with Gasteiger partial charge in [-0.15, -0.1) is 0 Å². The van der Waals surface area contributed by atoms with Gasteiger partial charge in [-0.1, -0.05) is 33.6 Å². The lowest BCUT2D eigenvalue weighted by Crippen LogP contribution is -2.06. The van der Waals surface area contributed by atoms with Gasteiger partial charge in [-0.25, -0.2) is 0 Å². The number of rotatable bonds is 3. The maximum atomic E-state index is 10.5. The predicted octanol–water partition coefficient (Wildman–Crippen LogP) is 2.53. The van der Waals surface area contributed by atoms with Crippen LogP contribution in [0.4, 0.5) is 0 Å². The third kappa shape index (κ3) is 3.96. The first kappa shape index (κ1) is 12.0. The molecule has 0 bridgehead atoms. The van der Waals surface area contributed by atoms with E-state index in [1.54, 1.807) is 18.2 Å². The molecule has 0 atom stereocenters. The fraction of sp³-hybridized carbons (Fsp3) is 0.250. The molecule has 0 saturated heterocycles. The van der Waals surface area contributed by atoms with Crippen LogP contribution < -0.4 is 0 Å². The Bertz CT molecular complexity index is 430. The summed E-state index contributed by atoms with van der Waals surface area (Å²) in [6.07, 6.45) is 0.213. The second kappa shape index (κ2) is 4.61. The zero-order valence-electron chi connectivity index (χ0n) is 7.07. The maximum absolute atomic E-state index is 10.5. The van der Waals surface area contributed by atoms with Gasteiger partial charge in [-0.05, 0) is 24.1 Å². The number of benzene rings is 1. The van der Waals surface area contributed by atoms with Crippen LogP contribution >= 0.6 is 27.5 Å². The van der Waals surface area contributed by atoms with Gasteiger partial charge in [0.2, 0.25) is 0 Å². The highest BCUT2D eigenvalue weighted by atomic mass is 79.9. The average Bonchev–Trinajstić information content (AvgIpc) is 2.00. The van der Waals surface area contributed by atoms with Crippen LogP contribution in [0, 0.1) is 0 Å². The minimum absolute atomic E-state index is 0.213. The second-order valence-corrected chi connectivity index (χ2v) is 5.67. The summed E-state index contributed by atoms with van der Waals surface area (Å²) in [5, 5.41) is 0.489. The van der Waals surface area contributed by atoms with Crippen molar-refractivity contribution in [3.63, 3.8) is 0 Å². The molecule has 0 fully saturated rings. The zero-order chi connectivity index (χ0) is 10.8. The summed E-state index contributed by atoms with van der Waals surface area (Å²) in [5.74, 6) is -0.311. The molecule has 0 amide bonds. The fourth-order valence-electron chi connectivity index (χ4n) is 0.963. The van der Waals surface area contributed by atoms with Crippen molar-refractivity contribution in [2.75, 3.05) is 5.75 Å². The van der Waals surface area contributed by atoms with Crippen LogP contribution in [0.15, 0.2) is 22.7 Å².